The van der Waals surface area contributed by atoms with Crippen LogP contribution in [-0.4, -0.2) is 18.5 Å². The summed E-state index contributed by atoms with van der Waals surface area (Å²) in [6.07, 6.45) is 0. The van der Waals surface area contributed by atoms with E-state index >= 15 is 0 Å². The molecule has 0 saturated carbocycles. The molecule has 0 aliphatic heterocycles. The zero-order chi connectivity index (χ0) is 13.1. The summed E-state index contributed by atoms with van der Waals surface area (Å²) in [6, 6.07) is 5.98. The molecule has 1 atom stereocenters. The summed E-state index contributed by atoms with van der Waals surface area (Å²) in [6.45, 7) is 5.48. The molecule has 0 bridgehead atoms. The summed E-state index contributed by atoms with van der Waals surface area (Å²) in [5.41, 5.74) is 0.264. The molecule has 4 heteroatoms. The molecule has 1 rings (SSSR count). The number of amides is 1. The predicted molar refractivity (Wildman–Crippen MR) is 66.1 cm³/mol. The van der Waals surface area contributed by atoms with E-state index in [0.29, 0.717) is 0 Å². The summed E-state index contributed by atoms with van der Waals surface area (Å²) in [7, 11) is 1.74. The van der Waals surface area contributed by atoms with Crippen molar-refractivity contribution < 1.29 is 9.18 Å². The lowest BCUT2D eigenvalue weighted by atomic mass is 10.0. The Bertz CT molecular complexity index is 387. The van der Waals surface area contributed by atoms with Crippen molar-refractivity contribution in [2.75, 3.05) is 7.05 Å². The number of hydrogen-bond acceptors (Lipinski definition) is 2. The maximum Gasteiger partial charge on any atom is 0.240 e. The van der Waals surface area contributed by atoms with E-state index in [0.717, 1.165) is 5.56 Å². The van der Waals surface area contributed by atoms with Crippen LogP contribution in [0.15, 0.2) is 24.3 Å². The van der Waals surface area contributed by atoms with E-state index in [2.05, 4.69) is 10.6 Å². The van der Waals surface area contributed by atoms with Gasteiger partial charge in [0.15, 0.2) is 0 Å². The minimum absolute atomic E-state index is 0.0863. The predicted octanol–water partition coefficient (Wildman–Crippen LogP) is 2.00. The second-order valence-electron chi connectivity index (χ2n) is 4.62. The van der Waals surface area contributed by atoms with Crippen LogP contribution in [0.3, 0.4) is 0 Å². The first-order valence-electron chi connectivity index (χ1n) is 5.62. The maximum absolute atomic E-state index is 12.8. The van der Waals surface area contributed by atoms with Crippen molar-refractivity contribution in [1.29, 1.82) is 0 Å². The van der Waals surface area contributed by atoms with Gasteiger partial charge >= 0.3 is 0 Å². The Morgan fingerprint density at radius 3 is 2.29 bits per heavy atom. The maximum atomic E-state index is 12.8. The highest BCUT2D eigenvalue weighted by Gasteiger charge is 2.26. The van der Waals surface area contributed by atoms with E-state index < -0.39 is 5.54 Å². The molecule has 0 aliphatic rings. The number of nitrogens with one attached hydrogen (secondary N) is 2. The van der Waals surface area contributed by atoms with Gasteiger partial charge in [0.05, 0.1) is 11.6 Å². The van der Waals surface area contributed by atoms with Gasteiger partial charge in [-0.05, 0) is 45.5 Å². The van der Waals surface area contributed by atoms with Gasteiger partial charge in [0.1, 0.15) is 5.82 Å². The second kappa shape index (κ2) is 5.27. The van der Waals surface area contributed by atoms with Gasteiger partial charge in [-0.3, -0.25) is 4.79 Å². The van der Waals surface area contributed by atoms with Crippen molar-refractivity contribution in [1.82, 2.24) is 10.6 Å². The Hall–Kier alpha value is -1.42. The second-order valence-corrected chi connectivity index (χ2v) is 4.62. The van der Waals surface area contributed by atoms with Gasteiger partial charge in [-0.15, -0.1) is 0 Å². The molecule has 2 N–H and O–H groups in total. The third-order valence-corrected chi connectivity index (χ3v) is 2.91. The average molecular weight is 238 g/mol. The smallest absolute Gasteiger partial charge is 0.240 e. The molecule has 1 aromatic rings. The van der Waals surface area contributed by atoms with Crippen molar-refractivity contribution in [3.8, 4) is 0 Å². The number of rotatable bonds is 4. The first-order chi connectivity index (χ1) is 7.86. The van der Waals surface area contributed by atoms with Gasteiger partial charge in [0.2, 0.25) is 5.91 Å². The Morgan fingerprint density at radius 1 is 1.29 bits per heavy atom. The molecule has 94 valence electrons. The quantitative estimate of drug-likeness (QED) is 0.842. The van der Waals surface area contributed by atoms with Crippen LogP contribution in [0.1, 0.15) is 32.4 Å². The lowest BCUT2D eigenvalue weighted by molar-refractivity contribution is -0.126. The summed E-state index contributed by atoms with van der Waals surface area (Å²) >= 11 is 0. The highest BCUT2D eigenvalue weighted by Crippen LogP contribution is 2.14. The third kappa shape index (κ3) is 3.53. The van der Waals surface area contributed by atoms with Crippen LogP contribution < -0.4 is 10.6 Å². The van der Waals surface area contributed by atoms with Crippen LogP contribution in [0.5, 0.6) is 0 Å². The molecule has 17 heavy (non-hydrogen) atoms. The number of likely N-dealkylation sites (N-methyl/N-ethyl adjacent to an activating group) is 1. The Kier molecular flexibility index (Phi) is 4.23. The molecule has 0 aliphatic carbocycles. The van der Waals surface area contributed by atoms with Crippen LogP contribution in [0, 0.1) is 5.82 Å². The van der Waals surface area contributed by atoms with Gasteiger partial charge in [0.25, 0.3) is 0 Å². The van der Waals surface area contributed by atoms with Crippen LogP contribution in [-0.2, 0) is 4.79 Å². The fourth-order valence-electron chi connectivity index (χ4n) is 1.33. The van der Waals surface area contributed by atoms with E-state index in [1.54, 1.807) is 33.0 Å². The van der Waals surface area contributed by atoms with Gasteiger partial charge in [-0.1, -0.05) is 12.1 Å². The molecule has 3 nitrogen and oxygen atoms in total. The highest BCUT2D eigenvalue weighted by atomic mass is 19.1. The number of halogens is 1. The van der Waals surface area contributed by atoms with E-state index in [1.807, 2.05) is 6.92 Å². The minimum Gasteiger partial charge on any atom is -0.348 e. The van der Waals surface area contributed by atoms with E-state index in [4.69, 9.17) is 0 Å². The summed E-state index contributed by atoms with van der Waals surface area (Å²) in [5.74, 6) is -0.361. The molecule has 1 amide bonds. The Morgan fingerprint density at radius 2 is 1.82 bits per heavy atom. The molecule has 1 aromatic carbocycles. The summed E-state index contributed by atoms with van der Waals surface area (Å²) in [4.78, 5) is 11.9. The molecule has 0 unspecified atom stereocenters. The van der Waals surface area contributed by atoms with E-state index in [-0.39, 0.29) is 17.8 Å². The van der Waals surface area contributed by atoms with Gasteiger partial charge in [-0.25, -0.2) is 4.39 Å². The first kappa shape index (κ1) is 13.6. The van der Waals surface area contributed by atoms with Crippen molar-refractivity contribution >= 4 is 5.91 Å². The molecule has 0 heterocycles. The number of carbonyl (C=O) groups is 1. The van der Waals surface area contributed by atoms with Crippen LogP contribution in [0.2, 0.25) is 0 Å². The average Bonchev–Trinajstić information content (AvgIpc) is 2.29. The number of benzene rings is 1. The minimum atomic E-state index is -0.617. The van der Waals surface area contributed by atoms with Crippen LogP contribution in [0.4, 0.5) is 4.39 Å². The molecular weight excluding hydrogens is 219 g/mol. The monoisotopic (exact) mass is 238 g/mol. The van der Waals surface area contributed by atoms with Crippen molar-refractivity contribution in [3.63, 3.8) is 0 Å². The Labute approximate surface area is 101 Å². The first-order valence-corrected chi connectivity index (χ1v) is 5.62. The van der Waals surface area contributed by atoms with Gasteiger partial charge in [-0.2, -0.15) is 0 Å². The highest BCUT2D eigenvalue weighted by molar-refractivity contribution is 5.85. The van der Waals surface area contributed by atoms with Gasteiger partial charge in [0, 0.05) is 0 Å². The molecule has 0 saturated heterocycles. The zero-order valence-electron chi connectivity index (χ0n) is 10.7. The van der Waals surface area contributed by atoms with Gasteiger partial charge < -0.3 is 10.6 Å². The van der Waals surface area contributed by atoms with E-state index in [9.17, 15) is 9.18 Å². The van der Waals surface area contributed by atoms with Crippen molar-refractivity contribution in [3.05, 3.63) is 35.6 Å². The third-order valence-electron chi connectivity index (χ3n) is 2.91. The topological polar surface area (TPSA) is 41.1 Å². The standard InChI is InChI=1S/C13H19FN2O/c1-9(10-5-7-11(14)8-6-10)16-12(17)13(2,3)15-4/h5-9,15H,1-4H3,(H,16,17)/t9-/m1/s1. The zero-order valence-corrected chi connectivity index (χ0v) is 10.7. The fraction of sp³-hybridized carbons (Fsp3) is 0.462. The van der Waals surface area contributed by atoms with Crippen molar-refractivity contribution in [2.24, 2.45) is 0 Å². The number of carbonyl (C=O) groups excluding carboxylic acids is 1. The van der Waals surface area contributed by atoms with Crippen molar-refractivity contribution in [2.45, 2.75) is 32.4 Å². The van der Waals surface area contributed by atoms with Crippen LogP contribution in [0.25, 0.3) is 0 Å². The number of hydrogen-bond donors (Lipinski definition) is 2. The largest absolute Gasteiger partial charge is 0.348 e. The molecule has 0 spiro atoms. The Balaban J connectivity index is 2.70. The normalized spacial score (nSPS) is 13.2. The summed E-state index contributed by atoms with van der Waals surface area (Å²) in [5, 5.41) is 5.82. The van der Waals surface area contributed by atoms with Crippen LogP contribution >= 0.6 is 0 Å². The lowest BCUT2D eigenvalue weighted by Crippen LogP contribution is -2.51. The molecular formula is C13H19FN2O. The summed E-state index contributed by atoms with van der Waals surface area (Å²) < 4.78 is 12.8. The SMILES string of the molecule is CNC(C)(C)C(=O)N[C@H](C)c1ccc(F)cc1. The fourth-order valence-corrected chi connectivity index (χ4v) is 1.33. The molecule has 0 fully saturated rings. The molecule has 0 aromatic heterocycles. The van der Waals surface area contributed by atoms with E-state index in [1.165, 1.54) is 12.1 Å². The lowest BCUT2D eigenvalue weighted by Gasteiger charge is -2.25. The molecule has 0 radical (unpaired) electrons.